The van der Waals surface area contributed by atoms with Gasteiger partial charge in [-0.15, -0.1) is 10.2 Å². The first-order valence-electron chi connectivity index (χ1n) is 4.69. The average molecular weight is 252 g/mol. The molecule has 1 heterocycles. The highest BCUT2D eigenvalue weighted by Gasteiger charge is 2.07. The first-order chi connectivity index (χ1) is 7.65. The van der Waals surface area contributed by atoms with E-state index in [0.29, 0.717) is 0 Å². The van der Waals surface area contributed by atoms with Crippen LogP contribution in [0, 0.1) is 0 Å². The summed E-state index contributed by atoms with van der Waals surface area (Å²) in [7, 11) is 3.91. The van der Waals surface area contributed by atoms with Crippen LogP contribution in [-0.4, -0.2) is 24.3 Å². The van der Waals surface area contributed by atoms with Gasteiger partial charge in [-0.1, -0.05) is 29.2 Å². The number of nitrogen functional groups attached to an aromatic ring is 1. The summed E-state index contributed by atoms with van der Waals surface area (Å²) in [5, 5.41) is 9.10. The van der Waals surface area contributed by atoms with Crippen molar-refractivity contribution in [2.75, 3.05) is 24.7 Å². The van der Waals surface area contributed by atoms with Crippen LogP contribution in [0.2, 0.25) is 0 Å². The topological polar surface area (TPSA) is 55.0 Å². The minimum Gasteiger partial charge on any atom is -0.399 e. The van der Waals surface area contributed by atoms with E-state index in [1.165, 1.54) is 0 Å². The van der Waals surface area contributed by atoms with Gasteiger partial charge in [0.25, 0.3) is 0 Å². The molecule has 0 saturated heterocycles. The molecular weight excluding hydrogens is 240 g/mol. The Morgan fingerprint density at radius 2 is 2.12 bits per heavy atom. The lowest BCUT2D eigenvalue weighted by molar-refractivity contribution is 0.973. The van der Waals surface area contributed by atoms with Crippen LogP contribution < -0.4 is 10.6 Å². The highest BCUT2D eigenvalue weighted by Crippen LogP contribution is 2.33. The molecule has 0 bridgehead atoms. The maximum Gasteiger partial charge on any atom is 0.208 e. The standard InChI is InChI=1S/C10H12N4S2/c1-14(2)9-12-13-10(16-9)15-8-5-3-4-7(11)6-8/h3-6H,11H2,1-2H3. The van der Waals surface area contributed by atoms with Crippen molar-refractivity contribution >= 4 is 33.9 Å². The fourth-order valence-electron chi connectivity index (χ4n) is 1.10. The summed E-state index contributed by atoms with van der Waals surface area (Å²) in [6.45, 7) is 0. The van der Waals surface area contributed by atoms with Gasteiger partial charge in [-0.25, -0.2) is 0 Å². The molecule has 4 nitrogen and oxygen atoms in total. The van der Waals surface area contributed by atoms with Gasteiger partial charge in [0, 0.05) is 24.7 Å². The van der Waals surface area contributed by atoms with E-state index in [2.05, 4.69) is 10.2 Å². The van der Waals surface area contributed by atoms with Crippen molar-refractivity contribution in [2.45, 2.75) is 9.24 Å². The number of nitrogens with two attached hydrogens (primary N) is 1. The molecule has 0 aliphatic rings. The Kier molecular flexibility index (Phi) is 3.31. The molecule has 2 rings (SSSR count). The van der Waals surface area contributed by atoms with E-state index < -0.39 is 0 Å². The smallest absolute Gasteiger partial charge is 0.208 e. The van der Waals surface area contributed by atoms with Crippen LogP contribution in [0.15, 0.2) is 33.5 Å². The van der Waals surface area contributed by atoms with E-state index in [-0.39, 0.29) is 0 Å². The molecule has 2 aromatic rings. The predicted octanol–water partition coefficient (Wildman–Crippen LogP) is 2.34. The van der Waals surface area contributed by atoms with E-state index >= 15 is 0 Å². The fourth-order valence-corrected chi connectivity index (χ4v) is 2.91. The van der Waals surface area contributed by atoms with E-state index in [1.54, 1.807) is 23.1 Å². The molecule has 1 aromatic carbocycles. The van der Waals surface area contributed by atoms with Crippen molar-refractivity contribution in [1.29, 1.82) is 0 Å². The van der Waals surface area contributed by atoms with Gasteiger partial charge >= 0.3 is 0 Å². The molecular formula is C10H12N4S2. The van der Waals surface area contributed by atoms with Crippen LogP contribution in [0.25, 0.3) is 0 Å². The van der Waals surface area contributed by atoms with Gasteiger partial charge < -0.3 is 10.6 Å². The Balaban J connectivity index is 2.14. The summed E-state index contributed by atoms with van der Waals surface area (Å²) >= 11 is 3.15. The van der Waals surface area contributed by atoms with Crippen molar-refractivity contribution in [3.63, 3.8) is 0 Å². The molecule has 84 valence electrons. The average Bonchev–Trinajstić information content (AvgIpc) is 2.66. The van der Waals surface area contributed by atoms with E-state index in [0.717, 1.165) is 20.1 Å². The molecule has 1 aromatic heterocycles. The molecule has 0 aliphatic heterocycles. The SMILES string of the molecule is CN(C)c1nnc(Sc2cccc(N)c2)s1. The lowest BCUT2D eigenvalue weighted by Crippen LogP contribution is -2.07. The van der Waals surface area contributed by atoms with Gasteiger partial charge in [-0.05, 0) is 18.2 Å². The van der Waals surface area contributed by atoms with E-state index in [4.69, 9.17) is 5.73 Å². The minimum atomic E-state index is 0.766. The van der Waals surface area contributed by atoms with Crippen LogP contribution in [0.4, 0.5) is 10.8 Å². The molecule has 2 N–H and O–H groups in total. The maximum atomic E-state index is 5.71. The molecule has 0 spiro atoms. The zero-order valence-corrected chi connectivity index (χ0v) is 10.7. The number of anilines is 2. The second-order valence-corrected chi connectivity index (χ2v) is 5.70. The van der Waals surface area contributed by atoms with Crippen molar-refractivity contribution in [3.8, 4) is 0 Å². The van der Waals surface area contributed by atoms with Crippen molar-refractivity contribution < 1.29 is 0 Å². The number of benzene rings is 1. The quantitative estimate of drug-likeness (QED) is 0.850. The van der Waals surface area contributed by atoms with Crippen molar-refractivity contribution in [3.05, 3.63) is 24.3 Å². The Morgan fingerprint density at radius 3 is 2.75 bits per heavy atom. The monoisotopic (exact) mass is 252 g/mol. The number of hydrogen-bond donors (Lipinski definition) is 1. The zero-order valence-electron chi connectivity index (χ0n) is 9.04. The third kappa shape index (κ3) is 2.65. The minimum absolute atomic E-state index is 0.766. The number of hydrogen-bond acceptors (Lipinski definition) is 6. The Morgan fingerprint density at radius 1 is 1.31 bits per heavy atom. The lowest BCUT2D eigenvalue weighted by atomic mass is 10.3. The molecule has 6 heteroatoms. The third-order valence-corrected chi connectivity index (χ3v) is 3.97. The molecule has 0 radical (unpaired) electrons. The summed E-state index contributed by atoms with van der Waals surface area (Å²) in [5.41, 5.74) is 6.48. The first kappa shape index (κ1) is 11.2. The summed E-state index contributed by atoms with van der Waals surface area (Å²) in [6.07, 6.45) is 0. The van der Waals surface area contributed by atoms with Crippen LogP contribution in [0.5, 0.6) is 0 Å². The van der Waals surface area contributed by atoms with Gasteiger partial charge in [-0.3, -0.25) is 0 Å². The fraction of sp³-hybridized carbons (Fsp3) is 0.200. The molecule has 0 unspecified atom stereocenters. The Labute approximate surface area is 102 Å². The summed E-state index contributed by atoms with van der Waals surface area (Å²) < 4.78 is 0.925. The Bertz CT molecular complexity index is 481. The normalized spacial score (nSPS) is 10.4. The summed E-state index contributed by atoms with van der Waals surface area (Å²) in [6, 6.07) is 7.75. The highest BCUT2D eigenvalue weighted by atomic mass is 32.2. The highest BCUT2D eigenvalue weighted by molar-refractivity contribution is 8.01. The van der Waals surface area contributed by atoms with Gasteiger partial charge in [0.15, 0.2) is 4.34 Å². The van der Waals surface area contributed by atoms with Gasteiger partial charge in [0.05, 0.1) is 0 Å². The van der Waals surface area contributed by atoms with Gasteiger partial charge in [0.2, 0.25) is 5.13 Å². The second-order valence-electron chi connectivity index (χ2n) is 3.42. The van der Waals surface area contributed by atoms with E-state index in [9.17, 15) is 0 Å². The van der Waals surface area contributed by atoms with Crippen LogP contribution in [0.1, 0.15) is 0 Å². The molecule has 16 heavy (non-hydrogen) atoms. The van der Waals surface area contributed by atoms with Gasteiger partial charge in [-0.2, -0.15) is 0 Å². The first-order valence-corrected chi connectivity index (χ1v) is 6.32. The zero-order chi connectivity index (χ0) is 11.5. The van der Waals surface area contributed by atoms with Gasteiger partial charge in [0.1, 0.15) is 0 Å². The largest absolute Gasteiger partial charge is 0.399 e. The third-order valence-electron chi connectivity index (χ3n) is 1.84. The van der Waals surface area contributed by atoms with Crippen LogP contribution in [0.3, 0.4) is 0 Å². The molecule has 0 amide bonds. The second kappa shape index (κ2) is 4.71. The maximum absolute atomic E-state index is 5.71. The molecule has 0 aliphatic carbocycles. The molecule has 0 saturated carbocycles. The lowest BCUT2D eigenvalue weighted by Gasteiger charge is -2.03. The predicted molar refractivity (Wildman–Crippen MR) is 69.2 cm³/mol. The molecule has 0 fully saturated rings. The summed E-state index contributed by atoms with van der Waals surface area (Å²) in [4.78, 5) is 3.03. The number of aromatic nitrogens is 2. The number of rotatable bonds is 3. The molecule has 0 atom stereocenters. The van der Waals surface area contributed by atoms with Crippen LogP contribution >= 0.6 is 23.1 Å². The summed E-state index contributed by atoms with van der Waals surface area (Å²) in [5.74, 6) is 0. The van der Waals surface area contributed by atoms with E-state index in [1.807, 2.05) is 43.3 Å². The number of nitrogens with zero attached hydrogens (tertiary/aromatic N) is 3. The van der Waals surface area contributed by atoms with Crippen molar-refractivity contribution in [1.82, 2.24) is 10.2 Å². The van der Waals surface area contributed by atoms with Crippen molar-refractivity contribution in [2.24, 2.45) is 0 Å². The van der Waals surface area contributed by atoms with Crippen LogP contribution in [-0.2, 0) is 0 Å². The Hall–Kier alpha value is -1.27.